The predicted octanol–water partition coefficient (Wildman–Crippen LogP) is 4.11. The van der Waals surface area contributed by atoms with Gasteiger partial charge in [-0.05, 0) is 55.4 Å². The zero-order valence-electron chi connectivity index (χ0n) is 13.3. The summed E-state index contributed by atoms with van der Waals surface area (Å²) in [6, 6.07) is 7.76. The maximum atomic E-state index is 12.0. The highest BCUT2D eigenvalue weighted by Gasteiger charge is 2.31. The lowest BCUT2D eigenvalue weighted by Crippen LogP contribution is -2.24. The molecule has 0 bridgehead atoms. The van der Waals surface area contributed by atoms with Gasteiger partial charge in [-0.15, -0.1) is 0 Å². The molecule has 1 aliphatic rings. The molecule has 1 aromatic carbocycles. The molecule has 3 nitrogen and oxygen atoms in total. The molecule has 0 spiro atoms. The standard InChI is InChI=1S/C17H27NO2S/c1-4-12-21(19,20)16-9-7-15(8-10-16)18-17-11-6-14(5-2)13(17)3/h7-10,13-14,17-18H,4-6,11-12H2,1-3H3. The monoisotopic (exact) mass is 309 g/mol. The van der Waals surface area contributed by atoms with Crippen molar-refractivity contribution in [2.24, 2.45) is 11.8 Å². The second kappa shape index (κ2) is 6.82. The summed E-state index contributed by atoms with van der Waals surface area (Å²) in [6.07, 6.45) is 4.39. The van der Waals surface area contributed by atoms with Crippen molar-refractivity contribution in [1.82, 2.24) is 0 Å². The van der Waals surface area contributed by atoms with Crippen LogP contribution < -0.4 is 5.32 Å². The summed E-state index contributed by atoms with van der Waals surface area (Å²) in [5, 5.41) is 3.57. The highest BCUT2D eigenvalue weighted by Crippen LogP contribution is 2.35. The minimum Gasteiger partial charge on any atom is -0.382 e. The molecule has 118 valence electrons. The van der Waals surface area contributed by atoms with Gasteiger partial charge in [-0.1, -0.05) is 27.2 Å². The molecule has 1 fully saturated rings. The lowest BCUT2D eigenvalue weighted by atomic mass is 9.93. The SMILES string of the molecule is CCCS(=O)(=O)c1ccc(NC2CCC(CC)C2C)cc1. The number of rotatable bonds is 6. The quantitative estimate of drug-likeness (QED) is 0.860. The first-order chi connectivity index (χ1) is 9.97. The van der Waals surface area contributed by atoms with Crippen LogP contribution in [0.2, 0.25) is 0 Å². The lowest BCUT2D eigenvalue weighted by molar-refractivity contribution is 0.392. The molecule has 2 rings (SSSR count). The smallest absolute Gasteiger partial charge is 0.178 e. The molecular formula is C17H27NO2S. The Bertz CT molecular complexity index is 551. The molecule has 21 heavy (non-hydrogen) atoms. The van der Waals surface area contributed by atoms with Crippen LogP contribution in [0.4, 0.5) is 5.69 Å². The third kappa shape index (κ3) is 3.79. The van der Waals surface area contributed by atoms with Crippen LogP contribution in [0.25, 0.3) is 0 Å². The molecule has 0 amide bonds. The van der Waals surface area contributed by atoms with Gasteiger partial charge in [0.1, 0.15) is 0 Å². The number of hydrogen-bond acceptors (Lipinski definition) is 3. The van der Waals surface area contributed by atoms with Crippen molar-refractivity contribution in [2.75, 3.05) is 11.1 Å². The largest absolute Gasteiger partial charge is 0.382 e. The molecule has 1 aliphatic carbocycles. The van der Waals surface area contributed by atoms with E-state index in [0.29, 0.717) is 23.3 Å². The second-order valence-electron chi connectivity index (χ2n) is 6.20. The van der Waals surface area contributed by atoms with E-state index in [1.54, 1.807) is 12.1 Å². The maximum Gasteiger partial charge on any atom is 0.178 e. The minimum atomic E-state index is -3.11. The second-order valence-corrected chi connectivity index (χ2v) is 8.31. The van der Waals surface area contributed by atoms with Gasteiger partial charge in [0.05, 0.1) is 10.6 Å². The summed E-state index contributed by atoms with van der Waals surface area (Å²) in [6.45, 7) is 6.47. The van der Waals surface area contributed by atoms with E-state index < -0.39 is 9.84 Å². The Balaban J connectivity index is 2.04. The molecule has 0 aliphatic heterocycles. The summed E-state index contributed by atoms with van der Waals surface area (Å²) in [4.78, 5) is 0.431. The molecule has 0 radical (unpaired) electrons. The van der Waals surface area contributed by atoms with Gasteiger partial charge in [0.15, 0.2) is 9.84 Å². The van der Waals surface area contributed by atoms with Crippen LogP contribution in [0.5, 0.6) is 0 Å². The van der Waals surface area contributed by atoms with Crippen LogP contribution in [-0.2, 0) is 9.84 Å². The van der Waals surface area contributed by atoms with E-state index in [1.165, 1.54) is 19.3 Å². The van der Waals surface area contributed by atoms with E-state index in [-0.39, 0.29) is 5.75 Å². The Morgan fingerprint density at radius 2 is 1.81 bits per heavy atom. The minimum absolute atomic E-state index is 0.220. The topological polar surface area (TPSA) is 46.2 Å². The van der Waals surface area contributed by atoms with Crippen LogP contribution in [0, 0.1) is 11.8 Å². The van der Waals surface area contributed by atoms with Crippen molar-refractivity contribution in [1.29, 1.82) is 0 Å². The maximum absolute atomic E-state index is 12.0. The van der Waals surface area contributed by atoms with Crippen LogP contribution in [0.15, 0.2) is 29.2 Å². The predicted molar refractivity (Wildman–Crippen MR) is 88.4 cm³/mol. The van der Waals surface area contributed by atoms with Crippen LogP contribution in [-0.4, -0.2) is 20.2 Å². The fraction of sp³-hybridized carbons (Fsp3) is 0.647. The van der Waals surface area contributed by atoms with Crippen LogP contribution in [0.3, 0.4) is 0 Å². The van der Waals surface area contributed by atoms with Gasteiger partial charge in [0.2, 0.25) is 0 Å². The van der Waals surface area contributed by atoms with Crippen molar-refractivity contribution in [3.05, 3.63) is 24.3 Å². The van der Waals surface area contributed by atoms with Gasteiger partial charge in [-0.25, -0.2) is 8.42 Å². The van der Waals surface area contributed by atoms with E-state index in [0.717, 1.165) is 11.6 Å². The van der Waals surface area contributed by atoms with E-state index >= 15 is 0 Å². The molecule has 0 aromatic heterocycles. The molecule has 1 N–H and O–H groups in total. The van der Waals surface area contributed by atoms with Gasteiger partial charge in [-0.3, -0.25) is 0 Å². The lowest BCUT2D eigenvalue weighted by Gasteiger charge is -2.22. The van der Waals surface area contributed by atoms with Crippen molar-refractivity contribution >= 4 is 15.5 Å². The Kier molecular flexibility index (Phi) is 5.31. The fourth-order valence-corrected chi connectivity index (χ4v) is 4.71. The van der Waals surface area contributed by atoms with Gasteiger partial charge in [0.25, 0.3) is 0 Å². The average Bonchev–Trinajstić information content (AvgIpc) is 2.80. The molecule has 3 unspecified atom stereocenters. The van der Waals surface area contributed by atoms with Crippen LogP contribution >= 0.6 is 0 Å². The zero-order chi connectivity index (χ0) is 15.5. The number of hydrogen-bond donors (Lipinski definition) is 1. The molecular weight excluding hydrogens is 282 g/mol. The Morgan fingerprint density at radius 3 is 2.33 bits per heavy atom. The van der Waals surface area contributed by atoms with Crippen molar-refractivity contribution in [2.45, 2.75) is 57.4 Å². The summed E-state index contributed by atoms with van der Waals surface area (Å²) >= 11 is 0. The fourth-order valence-electron chi connectivity index (χ4n) is 3.39. The molecule has 4 heteroatoms. The highest BCUT2D eigenvalue weighted by molar-refractivity contribution is 7.91. The summed E-state index contributed by atoms with van der Waals surface area (Å²) in [5.41, 5.74) is 1.03. The zero-order valence-corrected chi connectivity index (χ0v) is 14.1. The Labute approximate surface area is 129 Å². The van der Waals surface area contributed by atoms with Crippen molar-refractivity contribution in [3.8, 4) is 0 Å². The van der Waals surface area contributed by atoms with Crippen molar-refractivity contribution < 1.29 is 8.42 Å². The van der Waals surface area contributed by atoms with Gasteiger partial charge < -0.3 is 5.32 Å². The van der Waals surface area contributed by atoms with Gasteiger partial charge in [0, 0.05) is 11.7 Å². The van der Waals surface area contributed by atoms with E-state index in [2.05, 4.69) is 19.2 Å². The third-order valence-corrected chi connectivity index (χ3v) is 6.73. The highest BCUT2D eigenvalue weighted by atomic mass is 32.2. The first-order valence-corrected chi connectivity index (χ1v) is 9.72. The first kappa shape index (κ1) is 16.3. The van der Waals surface area contributed by atoms with Gasteiger partial charge >= 0.3 is 0 Å². The Morgan fingerprint density at radius 1 is 1.14 bits per heavy atom. The van der Waals surface area contributed by atoms with E-state index in [9.17, 15) is 8.42 Å². The molecule has 1 saturated carbocycles. The number of nitrogens with one attached hydrogen (secondary N) is 1. The summed E-state index contributed by atoms with van der Waals surface area (Å²) < 4.78 is 24.0. The number of benzene rings is 1. The summed E-state index contributed by atoms with van der Waals surface area (Å²) in [7, 11) is -3.11. The van der Waals surface area contributed by atoms with Gasteiger partial charge in [-0.2, -0.15) is 0 Å². The molecule has 1 aromatic rings. The summed E-state index contributed by atoms with van der Waals surface area (Å²) in [5.74, 6) is 1.71. The molecule has 0 saturated heterocycles. The first-order valence-electron chi connectivity index (χ1n) is 8.07. The Hall–Kier alpha value is -1.03. The number of anilines is 1. The average molecular weight is 309 g/mol. The number of sulfone groups is 1. The normalized spacial score (nSPS) is 26.0. The van der Waals surface area contributed by atoms with E-state index in [4.69, 9.17) is 0 Å². The molecule has 0 heterocycles. The van der Waals surface area contributed by atoms with Crippen molar-refractivity contribution in [3.63, 3.8) is 0 Å². The van der Waals surface area contributed by atoms with Crippen LogP contribution in [0.1, 0.15) is 46.5 Å². The molecule has 3 atom stereocenters. The van der Waals surface area contributed by atoms with E-state index in [1.807, 2.05) is 19.1 Å². The third-order valence-electron chi connectivity index (χ3n) is 4.79.